The summed E-state index contributed by atoms with van der Waals surface area (Å²) in [7, 11) is 1.86. The molecule has 4 heterocycles. The van der Waals surface area contributed by atoms with Crippen LogP contribution in [0, 0.1) is 11.8 Å². The summed E-state index contributed by atoms with van der Waals surface area (Å²) in [4.78, 5) is 35.3. The van der Waals surface area contributed by atoms with Crippen molar-refractivity contribution in [1.82, 2.24) is 19.7 Å². The Morgan fingerprint density at radius 3 is 3.04 bits per heavy atom. The van der Waals surface area contributed by atoms with E-state index in [-0.39, 0.29) is 5.91 Å². The van der Waals surface area contributed by atoms with Crippen LogP contribution in [0.3, 0.4) is 0 Å². The summed E-state index contributed by atoms with van der Waals surface area (Å²) < 4.78 is 0. The van der Waals surface area contributed by atoms with Gasteiger partial charge in [0.25, 0.3) is 0 Å². The van der Waals surface area contributed by atoms with Crippen molar-refractivity contribution in [1.29, 1.82) is 0 Å². The SMILES string of the molecule is CN(Cc1cccnc1)C(=O)CN1C[C@H]2C[C@H](C1)[C@H]1CCCC(=O)N1C2. The Balaban J connectivity index is 1.35. The first-order chi connectivity index (χ1) is 12.6. The summed E-state index contributed by atoms with van der Waals surface area (Å²) in [5.41, 5.74) is 1.05. The number of pyridine rings is 1. The molecular formula is C20H28N4O2. The smallest absolute Gasteiger partial charge is 0.236 e. The van der Waals surface area contributed by atoms with E-state index < -0.39 is 0 Å². The van der Waals surface area contributed by atoms with Gasteiger partial charge < -0.3 is 9.80 Å². The molecule has 2 amide bonds. The first-order valence-corrected chi connectivity index (χ1v) is 9.75. The van der Waals surface area contributed by atoms with E-state index in [9.17, 15) is 9.59 Å². The van der Waals surface area contributed by atoms with Crippen molar-refractivity contribution >= 4 is 11.8 Å². The number of carbonyl (C=O) groups excluding carboxylic acids is 2. The minimum absolute atomic E-state index is 0.158. The third-order valence-electron chi connectivity index (χ3n) is 6.18. The van der Waals surface area contributed by atoms with E-state index in [0.717, 1.165) is 44.5 Å². The second-order valence-corrected chi connectivity index (χ2v) is 8.17. The van der Waals surface area contributed by atoms with Gasteiger partial charge in [-0.1, -0.05) is 6.07 Å². The summed E-state index contributed by atoms with van der Waals surface area (Å²) in [5.74, 6) is 1.55. The predicted molar refractivity (Wildman–Crippen MR) is 98.1 cm³/mol. The first-order valence-electron chi connectivity index (χ1n) is 9.75. The number of carbonyl (C=O) groups is 2. The molecule has 0 unspecified atom stereocenters. The van der Waals surface area contributed by atoms with Crippen LogP contribution in [0.1, 0.15) is 31.2 Å². The number of hydrogen-bond donors (Lipinski definition) is 0. The lowest BCUT2D eigenvalue weighted by atomic mass is 9.76. The second kappa shape index (κ2) is 7.35. The van der Waals surface area contributed by atoms with Gasteiger partial charge in [0.05, 0.1) is 6.54 Å². The molecule has 3 saturated heterocycles. The summed E-state index contributed by atoms with van der Waals surface area (Å²) in [6.45, 7) is 3.83. The summed E-state index contributed by atoms with van der Waals surface area (Å²) in [6.07, 6.45) is 7.64. The number of rotatable bonds is 4. The maximum absolute atomic E-state index is 12.7. The van der Waals surface area contributed by atoms with Crippen LogP contribution in [0.25, 0.3) is 0 Å². The van der Waals surface area contributed by atoms with E-state index in [2.05, 4.69) is 14.8 Å². The molecule has 1 aromatic heterocycles. The largest absolute Gasteiger partial charge is 0.340 e. The Kier molecular flexibility index (Phi) is 4.94. The summed E-state index contributed by atoms with van der Waals surface area (Å²) in [6, 6.07) is 4.30. The zero-order valence-corrected chi connectivity index (χ0v) is 15.5. The lowest BCUT2D eigenvalue weighted by Crippen LogP contribution is -2.61. The highest BCUT2D eigenvalue weighted by Crippen LogP contribution is 2.37. The molecule has 6 nitrogen and oxygen atoms in total. The van der Waals surface area contributed by atoms with Gasteiger partial charge in [-0.2, -0.15) is 0 Å². The van der Waals surface area contributed by atoms with Crippen LogP contribution in [0.5, 0.6) is 0 Å². The van der Waals surface area contributed by atoms with Crippen LogP contribution in [0.4, 0.5) is 0 Å². The van der Waals surface area contributed by atoms with E-state index in [1.807, 2.05) is 25.4 Å². The Hall–Kier alpha value is -1.95. The Morgan fingerprint density at radius 2 is 2.23 bits per heavy atom. The molecule has 0 saturated carbocycles. The van der Waals surface area contributed by atoms with Gasteiger partial charge in [0.2, 0.25) is 11.8 Å². The van der Waals surface area contributed by atoms with Gasteiger partial charge in [0.15, 0.2) is 0 Å². The van der Waals surface area contributed by atoms with Gasteiger partial charge in [-0.3, -0.25) is 19.5 Å². The quantitative estimate of drug-likeness (QED) is 0.818. The summed E-state index contributed by atoms with van der Waals surface area (Å²) in [5, 5.41) is 0. The normalized spacial score (nSPS) is 28.6. The van der Waals surface area contributed by atoms with Gasteiger partial charge in [0.1, 0.15) is 0 Å². The number of likely N-dealkylation sites (N-methyl/N-ethyl adjacent to an activating group) is 1. The van der Waals surface area contributed by atoms with Crippen molar-refractivity contribution in [2.24, 2.45) is 11.8 Å². The average molecular weight is 356 g/mol. The number of fused-ring (bicyclic) bond motifs is 4. The van der Waals surface area contributed by atoms with E-state index in [0.29, 0.717) is 36.9 Å². The van der Waals surface area contributed by atoms with Crippen molar-refractivity contribution in [3.63, 3.8) is 0 Å². The second-order valence-electron chi connectivity index (χ2n) is 8.17. The number of nitrogens with zero attached hydrogens (tertiary/aromatic N) is 4. The zero-order chi connectivity index (χ0) is 18.1. The molecule has 0 aromatic carbocycles. The van der Waals surface area contributed by atoms with Crippen molar-refractivity contribution in [3.8, 4) is 0 Å². The van der Waals surface area contributed by atoms with Gasteiger partial charge in [-0.25, -0.2) is 0 Å². The monoisotopic (exact) mass is 356 g/mol. The Labute approximate surface area is 155 Å². The number of amides is 2. The number of likely N-dealkylation sites (tertiary alicyclic amines) is 1. The standard InChI is InChI=1S/C20H28N4O2/c1-22(10-15-4-3-7-21-9-15)20(26)14-23-11-16-8-17(13-23)18-5-2-6-19(25)24(18)12-16/h3-4,7,9,16-18H,2,5-6,8,10-14H2,1H3/t16-,17-,18-/m1/s1. The lowest BCUT2D eigenvalue weighted by Gasteiger charge is -2.52. The number of aromatic nitrogens is 1. The molecule has 3 atom stereocenters. The van der Waals surface area contributed by atoms with E-state index in [1.165, 1.54) is 6.42 Å². The fraction of sp³-hybridized carbons (Fsp3) is 0.650. The van der Waals surface area contributed by atoms with Crippen LogP contribution < -0.4 is 0 Å². The van der Waals surface area contributed by atoms with Crippen molar-refractivity contribution in [2.45, 2.75) is 38.3 Å². The third kappa shape index (κ3) is 3.61. The van der Waals surface area contributed by atoms with Crippen LogP contribution >= 0.6 is 0 Å². The minimum Gasteiger partial charge on any atom is -0.340 e. The fourth-order valence-corrected chi connectivity index (χ4v) is 5.01. The minimum atomic E-state index is 0.158. The molecule has 4 rings (SSSR count). The average Bonchev–Trinajstić information content (AvgIpc) is 2.63. The van der Waals surface area contributed by atoms with Crippen LogP contribution in [0.2, 0.25) is 0 Å². The van der Waals surface area contributed by atoms with Crippen LogP contribution in [-0.4, -0.2) is 70.8 Å². The first kappa shape index (κ1) is 17.5. The van der Waals surface area contributed by atoms with Gasteiger partial charge in [-0.15, -0.1) is 0 Å². The van der Waals surface area contributed by atoms with Gasteiger partial charge in [0, 0.05) is 58.1 Å². The lowest BCUT2D eigenvalue weighted by molar-refractivity contribution is -0.146. The molecule has 3 aliphatic heterocycles. The van der Waals surface area contributed by atoms with Gasteiger partial charge >= 0.3 is 0 Å². The maximum Gasteiger partial charge on any atom is 0.236 e. The maximum atomic E-state index is 12.7. The molecule has 1 aromatic rings. The number of piperidine rings is 3. The third-order valence-corrected chi connectivity index (χ3v) is 6.18. The van der Waals surface area contributed by atoms with Crippen molar-refractivity contribution in [3.05, 3.63) is 30.1 Å². The van der Waals surface area contributed by atoms with Gasteiger partial charge in [-0.05, 0) is 42.7 Å². The number of hydrogen-bond acceptors (Lipinski definition) is 4. The highest BCUT2D eigenvalue weighted by molar-refractivity contribution is 5.78. The summed E-state index contributed by atoms with van der Waals surface area (Å²) >= 11 is 0. The molecule has 0 aliphatic carbocycles. The molecule has 3 fully saturated rings. The van der Waals surface area contributed by atoms with Crippen molar-refractivity contribution in [2.75, 3.05) is 33.2 Å². The molecule has 2 bridgehead atoms. The van der Waals surface area contributed by atoms with E-state index in [4.69, 9.17) is 0 Å². The predicted octanol–water partition coefficient (Wildman–Crippen LogP) is 1.37. The molecule has 0 spiro atoms. The topological polar surface area (TPSA) is 56.8 Å². The highest BCUT2D eigenvalue weighted by atomic mass is 16.2. The van der Waals surface area contributed by atoms with Crippen LogP contribution in [0.15, 0.2) is 24.5 Å². The Morgan fingerprint density at radius 1 is 1.35 bits per heavy atom. The highest BCUT2D eigenvalue weighted by Gasteiger charge is 2.44. The Bertz CT molecular complexity index is 665. The molecule has 0 radical (unpaired) electrons. The van der Waals surface area contributed by atoms with E-state index in [1.54, 1.807) is 11.1 Å². The van der Waals surface area contributed by atoms with Crippen LogP contribution in [-0.2, 0) is 16.1 Å². The zero-order valence-electron chi connectivity index (χ0n) is 15.5. The molecule has 26 heavy (non-hydrogen) atoms. The van der Waals surface area contributed by atoms with Crippen molar-refractivity contribution < 1.29 is 9.59 Å². The molecule has 6 heteroatoms. The fourth-order valence-electron chi connectivity index (χ4n) is 5.01. The molecular weight excluding hydrogens is 328 g/mol. The van der Waals surface area contributed by atoms with E-state index >= 15 is 0 Å². The molecule has 0 N–H and O–H groups in total. The molecule has 140 valence electrons. The molecule has 3 aliphatic rings.